The number of nitro groups is 1. The van der Waals surface area contributed by atoms with Gasteiger partial charge in [0.1, 0.15) is 0 Å². The number of hydrogen-bond donors (Lipinski definition) is 0. The fourth-order valence-corrected chi connectivity index (χ4v) is 2.82. The predicted octanol–water partition coefficient (Wildman–Crippen LogP) is 1.76. The molecule has 0 bridgehead atoms. The number of halogens is 1. The van der Waals surface area contributed by atoms with Crippen molar-refractivity contribution < 1.29 is 13.3 Å². The van der Waals surface area contributed by atoms with Gasteiger partial charge in [0, 0.05) is 24.0 Å². The Morgan fingerprint density at radius 1 is 1.35 bits per heavy atom. The van der Waals surface area contributed by atoms with E-state index in [1.54, 1.807) is 0 Å². The van der Waals surface area contributed by atoms with E-state index in [0.29, 0.717) is 11.0 Å². The number of non-ortho nitro benzene ring substituents is 1. The van der Waals surface area contributed by atoms with Gasteiger partial charge in [0.15, 0.2) is 0 Å². The fraction of sp³-hybridized carbons (Fsp3) is 0.333. The van der Waals surface area contributed by atoms with Crippen LogP contribution in [0, 0.1) is 10.1 Å². The Morgan fingerprint density at radius 2 is 1.88 bits per heavy atom. The topological polar surface area (TPSA) is 80.5 Å². The molecule has 0 amide bonds. The van der Waals surface area contributed by atoms with Crippen molar-refractivity contribution in [1.29, 1.82) is 0 Å². The molecule has 17 heavy (non-hydrogen) atoms. The highest BCUT2D eigenvalue weighted by molar-refractivity contribution is 9.09. The Morgan fingerprint density at radius 3 is 2.24 bits per heavy atom. The van der Waals surface area contributed by atoms with Crippen molar-refractivity contribution >= 4 is 37.3 Å². The molecule has 0 radical (unpaired) electrons. The average Bonchev–Trinajstić information content (AvgIpc) is 2.24. The summed E-state index contributed by atoms with van der Waals surface area (Å²) in [6.45, 7) is 0.274. The first kappa shape index (κ1) is 13.9. The predicted molar refractivity (Wildman–Crippen MR) is 69.1 cm³/mol. The van der Waals surface area contributed by atoms with E-state index in [0.717, 1.165) is 6.26 Å². The maximum absolute atomic E-state index is 11.5. The first-order valence-corrected chi connectivity index (χ1v) is 7.61. The molecule has 0 N–H and O–H groups in total. The molecule has 1 rings (SSSR count). The minimum atomic E-state index is -3.38. The molecule has 0 fully saturated rings. The number of sulfonamides is 1. The third-order valence-corrected chi connectivity index (χ3v) is 3.59. The second-order valence-electron chi connectivity index (χ2n) is 3.30. The average molecular weight is 323 g/mol. The Hall–Kier alpha value is -1.15. The van der Waals surface area contributed by atoms with E-state index in [9.17, 15) is 18.5 Å². The summed E-state index contributed by atoms with van der Waals surface area (Å²) in [6, 6.07) is 5.40. The molecule has 0 aliphatic rings. The minimum Gasteiger partial charge on any atom is -0.270 e. The van der Waals surface area contributed by atoms with Crippen molar-refractivity contribution in [3.8, 4) is 0 Å². The first-order valence-electron chi connectivity index (χ1n) is 4.64. The molecule has 6 nitrogen and oxygen atoms in total. The lowest BCUT2D eigenvalue weighted by Crippen LogP contribution is -2.31. The smallest absolute Gasteiger partial charge is 0.269 e. The van der Waals surface area contributed by atoms with Crippen LogP contribution in [0.3, 0.4) is 0 Å². The largest absolute Gasteiger partial charge is 0.270 e. The van der Waals surface area contributed by atoms with Crippen LogP contribution in [0.1, 0.15) is 0 Å². The molecule has 0 heterocycles. The van der Waals surface area contributed by atoms with E-state index in [1.165, 1.54) is 28.6 Å². The second kappa shape index (κ2) is 5.46. The van der Waals surface area contributed by atoms with E-state index < -0.39 is 14.9 Å². The van der Waals surface area contributed by atoms with Crippen molar-refractivity contribution in [2.24, 2.45) is 0 Å². The molecular weight excluding hydrogens is 312 g/mol. The number of hydrogen-bond acceptors (Lipinski definition) is 4. The van der Waals surface area contributed by atoms with Crippen molar-refractivity contribution in [3.63, 3.8) is 0 Å². The van der Waals surface area contributed by atoms with E-state index in [4.69, 9.17) is 0 Å². The second-order valence-corrected chi connectivity index (χ2v) is 6.00. The molecule has 0 aliphatic heterocycles. The number of rotatable bonds is 5. The summed E-state index contributed by atoms with van der Waals surface area (Å²) >= 11 is 3.16. The number of nitrogens with zero attached hydrogens (tertiary/aromatic N) is 2. The minimum absolute atomic E-state index is 0.0685. The summed E-state index contributed by atoms with van der Waals surface area (Å²) in [5.74, 6) is 0. The van der Waals surface area contributed by atoms with Crippen LogP contribution in [0.5, 0.6) is 0 Å². The van der Waals surface area contributed by atoms with Crippen LogP contribution < -0.4 is 4.31 Å². The van der Waals surface area contributed by atoms with Gasteiger partial charge in [-0.05, 0) is 12.1 Å². The van der Waals surface area contributed by atoms with Crippen LogP contribution in [0.25, 0.3) is 0 Å². The van der Waals surface area contributed by atoms with E-state index >= 15 is 0 Å². The zero-order chi connectivity index (χ0) is 13.1. The Labute approximate surface area is 108 Å². The van der Waals surface area contributed by atoms with Crippen LogP contribution in [-0.2, 0) is 10.0 Å². The molecule has 0 atom stereocenters. The van der Waals surface area contributed by atoms with Crippen LogP contribution >= 0.6 is 15.9 Å². The van der Waals surface area contributed by atoms with Gasteiger partial charge >= 0.3 is 0 Å². The first-order chi connectivity index (χ1) is 7.86. The van der Waals surface area contributed by atoms with Gasteiger partial charge in [0.25, 0.3) is 5.69 Å². The molecule has 8 heteroatoms. The van der Waals surface area contributed by atoms with Gasteiger partial charge in [-0.25, -0.2) is 8.42 Å². The van der Waals surface area contributed by atoms with Gasteiger partial charge in [-0.1, -0.05) is 15.9 Å². The zero-order valence-electron chi connectivity index (χ0n) is 9.04. The molecule has 0 unspecified atom stereocenters. The van der Waals surface area contributed by atoms with Crippen molar-refractivity contribution in [2.75, 3.05) is 22.4 Å². The summed E-state index contributed by atoms with van der Waals surface area (Å²) < 4.78 is 24.2. The van der Waals surface area contributed by atoms with Gasteiger partial charge in [-0.3, -0.25) is 14.4 Å². The summed E-state index contributed by atoms with van der Waals surface area (Å²) in [4.78, 5) is 9.94. The SMILES string of the molecule is CS(=O)(=O)N(CCBr)c1ccc([N+](=O)[O-])cc1. The highest BCUT2D eigenvalue weighted by atomic mass is 79.9. The molecule has 0 spiro atoms. The van der Waals surface area contributed by atoms with Gasteiger partial charge in [-0.15, -0.1) is 0 Å². The van der Waals surface area contributed by atoms with Crippen LogP contribution in [0.4, 0.5) is 11.4 Å². The third kappa shape index (κ3) is 3.67. The normalized spacial score (nSPS) is 11.2. The lowest BCUT2D eigenvalue weighted by molar-refractivity contribution is -0.384. The molecule has 0 saturated heterocycles. The quantitative estimate of drug-likeness (QED) is 0.470. The maximum atomic E-state index is 11.5. The third-order valence-electron chi connectivity index (χ3n) is 2.04. The molecule has 0 aliphatic carbocycles. The summed E-state index contributed by atoms with van der Waals surface area (Å²) in [7, 11) is -3.38. The lowest BCUT2D eigenvalue weighted by atomic mass is 10.3. The molecule has 0 aromatic heterocycles. The van der Waals surface area contributed by atoms with Gasteiger partial charge in [0.05, 0.1) is 16.9 Å². The van der Waals surface area contributed by atoms with Gasteiger partial charge in [-0.2, -0.15) is 0 Å². The van der Waals surface area contributed by atoms with Crippen molar-refractivity contribution in [2.45, 2.75) is 0 Å². The van der Waals surface area contributed by atoms with Crippen molar-refractivity contribution in [1.82, 2.24) is 0 Å². The Bertz CT molecular complexity index is 500. The van der Waals surface area contributed by atoms with E-state index in [-0.39, 0.29) is 12.2 Å². The van der Waals surface area contributed by atoms with Gasteiger partial charge < -0.3 is 0 Å². The Balaban J connectivity index is 3.08. The number of anilines is 1. The van der Waals surface area contributed by atoms with Crippen molar-refractivity contribution in [3.05, 3.63) is 34.4 Å². The maximum Gasteiger partial charge on any atom is 0.269 e. The molecule has 94 valence electrons. The number of benzene rings is 1. The summed E-state index contributed by atoms with van der Waals surface area (Å²) in [6.07, 6.45) is 1.09. The lowest BCUT2D eigenvalue weighted by Gasteiger charge is -2.20. The fourth-order valence-electron chi connectivity index (χ4n) is 1.30. The van der Waals surface area contributed by atoms with Crippen LogP contribution in [-0.4, -0.2) is 31.5 Å². The molecule has 1 aromatic carbocycles. The number of alkyl halides is 1. The molecule has 1 aromatic rings. The van der Waals surface area contributed by atoms with Crippen LogP contribution in [0.15, 0.2) is 24.3 Å². The summed E-state index contributed by atoms with van der Waals surface area (Å²) in [5.41, 5.74) is 0.346. The van der Waals surface area contributed by atoms with Crippen LogP contribution in [0.2, 0.25) is 0 Å². The van der Waals surface area contributed by atoms with Gasteiger partial charge in [0.2, 0.25) is 10.0 Å². The summed E-state index contributed by atoms with van der Waals surface area (Å²) in [5, 5.41) is 11.0. The number of nitro benzene ring substituents is 1. The molecule has 0 saturated carbocycles. The highest BCUT2D eigenvalue weighted by Gasteiger charge is 2.17. The standard InChI is InChI=1S/C9H11BrN2O4S/c1-17(15,16)11(7-6-10)8-2-4-9(5-3-8)12(13)14/h2-5H,6-7H2,1H3. The highest BCUT2D eigenvalue weighted by Crippen LogP contribution is 2.21. The van der Waals surface area contributed by atoms with E-state index in [1.807, 2.05) is 0 Å². The Kier molecular flexibility index (Phi) is 4.47. The van der Waals surface area contributed by atoms with E-state index in [2.05, 4.69) is 15.9 Å². The zero-order valence-corrected chi connectivity index (χ0v) is 11.4. The molecular formula is C9H11BrN2O4S. The monoisotopic (exact) mass is 322 g/mol.